The molecule has 2 N–H and O–H groups in total. The number of anilines is 2. The van der Waals surface area contributed by atoms with E-state index in [9.17, 15) is 9.59 Å². The van der Waals surface area contributed by atoms with Crippen LogP contribution in [-0.2, 0) is 11.3 Å². The second-order valence-corrected chi connectivity index (χ2v) is 4.09. The van der Waals surface area contributed by atoms with Gasteiger partial charge in [-0.25, -0.2) is 0 Å². The number of aromatic nitrogens is 2. The summed E-state index contributed by atoms with van der Waals surface area (Å²) in [7, 11) is 1.64. The quantitative estimate of drug-likeness (QED) is 0.868. The minimum Gasteiger partial charge on any atom is -0.398 e. The van der Waals surface area contributed by atoms with E-state index in [1.54, 1.807) is 31.6 Å². The first-order chi connectivity index (χ1) is 9.08. The number of likely N-dealkylation sites (N-methyl/N-ethyl adjacent to an activating group) is 1. The molecule has 2 aromatic rings. The lowest BCUT2D eigenvalue weighted by Gasteiger charge is -2.17. The minimum atomic E-state index is -0.262. The highest BCUT2D eigenvalue weighted by atomic mass is 16.2. The summed E-state index contributed by atoms with van der Waals surface area (Å²) in [6.45, 7) is -0.0603. The van der Waals surface area contributed by atoms with Crippen molar-refractivity contribution >= 4 is 17.3 Å². The Morgan fingerprint density at radius 3 is 2.89 bits per heavy atom. The lowest BCUT2D eigenvalue weighted by Crippen LogP contribution is -2.33. The number of nitrogen functional groups attached to an aromatic ring is 1. The Labute approximate surface area is 110 Å². The number of rotatable bonds is 3. The molecule has 19 heavy (non-hydrogen) atoms. The highest BCUT2D eigenvalue weighted by Gasteiger charge is 2.12. The van der Waals surface area contributed by atoms with Crippen LogP contribution in [0.2, 0.25) is 0 Å². The molecule has 98 valence electrons. The average Bonchev–Trinajstić information content (AvgIpc) is 2.43. The highest BCUT2D eigenvalue weighted by molar-refractivity contribution is 5.92. The molecule has 0 radical (unpaired) electrons. The summed E-state index contributed by atoms with van der Waals surface area (Å²) in [6, 6.07) is 6.36. The van der Waals surface area contributed by atoms with E-state index < -0.39 is 0 Å². The predicted octanol–water partition coefficient (Wildman–Crippen LogP) is 0.488. The van der Waals surface area contributed by atoms with Crippen LogP contribution in [0.25, 0.3) is 0 Å². The summed E-state index contributed by atoms with van der Waals surface area (Å²) in [4.78, 5) is 29.1. The summed E-state index contributed by atoms with van der Waals surface area (Å²) >= 11 is 0. The summed E-state index contributed by atoms with van der Waals surface area (Å²) in [6.07, 6.45) is 4.67. The Balaban J connectivity index is 2.17. The van der Waals surface area contributed by atoms with E-state index >= 15 is 0 Å². The van der Waals surface area contributed by atoms with E-state index in [0.717, 1.165) is 0 Å². The molecule has 0 spiro atoms. The second-order valence-electron chi connectivity index (χ2n) is 4.09. The van der Waals surface area contributed by atoms with Gasteiger partial charge in [-0.3, -0.25) is 14.6 Å². The number of carbonyl (C=O) groups is 1. The number of hydrogen-bond acceptors (Lipinski definition) is 4. The molecule has 0 fully saturated rings. The van der Waals surface area contributed by atoms with Crippen molar-refractivity contribution in [1.29, 1.82) is 0 Å². The molecule has 2 aromatic heterocycles. The SMILES string of the molecule is CN(C(=O)Cn1cc(N)ccc1=O)c1cccnc1. The molecule has 0 aliphatic rings. The number of amides is 1. The minimum absolute atomic E-state index is 0.0603. The molecule has 2 heterocycles. The number of carbonyl (C=O) groups excluding carboxylic acids is 1. The fraction of sp³-hybridized carbons (Fsp3) is 0.154. The van der Waals surface area contributed by atoms with E-state index in [0.29, 0.717) is 11.4 Å². The smallest absolute Gasteiger partial charge is 0.251 e. The lowest BCUT2D eigenvalue weighted by molar-refractivity contribution is -0.118. The zero-order valence-corrected chi connectivity index (χ0v) is 10.5. The van der Waals surface area contributed by atoms with Crippen LogP contribution in [0.15, 0.2) is 47.7 Å². The topological polar surface area (TPSA) is 81.2 Å². The first kappa shape index (κ1) is 12.8. The van der Waals surface area contributed by atoms with E-state index in [-0.39, 0.29) is 18.0 Å². The molecule has 0 aliphatic carbocycles. The summed E-state index contributed by atoms with van der Waals surface area (Å²) in [5.41, 5.74) is 6.45. The predicted molar refractivity (Wildman–Crippen MR) is 72.8 cm³/mol. The van der Waals surface area contributed by atoms with Crippen molar-refractivity contribution in [2.75, 3.05) is 17.7 Å². The monoisotopic (exact) mass is 258 g/mol. The van der Waals surface area contributed by atoms with Gasteiger partial charge in [0.2, 0.25) is 5.91 Å². The molecule has 0 saturated heterocycles. The number of nitrogens with zero attached hydrogens (tertiary/aromatic N) is 3. The van der Waals surface area contributed by atoms with Crippen LogP contribution in [0.4, 0.5) is 11.4 Å². The van der Waals surface area contributed by atoms with Crippen LogP contribution in [0.5, 0.6) is 0 Å². The van der Waals surface area contributed by atoms with Gasteiger partial charge in [-0.05, 0) is 18.2 Å². The van der Waals surface area contributed by atoms with Crippen molar-refractivity contribution in [2.24, 2.45) is 0 Å². The van der Waals surface area contributed by atoms with Crippen molar-refractivity contribution in [3.05, 3.63) is 53.2 Å². The molecular weight excluding hydrogens is 244 g/mol. The molecule has 0 saturated carbocycles. The second kappa shape index (κ2) is 5.34. The molecular formula is C13H14N4O2. The zero-order chi connectivity index (χ0) is 13.8. The van der Waals surface area contributed by atoms with Gasteiger partial charge in [0.15, 0.2) is 0 Å². The Morgan fingerprint density at radius 2 is 2.21 bits per heavy atom. The standard InChI is InChI=1S/C13H14N4O2/c1-16(11-3-2-6-15-7-11)13(19)9-17-8-10(14)4-5-12(17)18/h2-8H,9,14H2,1H3. The molecule has 0 aliphatic heterocycles. The molecule has 6 heteroatoms. The first-order valence-electron chi connectivity index (χ1n) is 5.70. The van der Waals surface area contributed by atoms with Crippen molar-refractivity contribution < 1.29 is 4.79 Å². The van der Waals surface area contributed by atoms with Crippen molar-refractivity contribution in [3.63, 3.8) is 0 Å². The molecule has 2 rings (SSSR count). The third kappa shape index (κ3) is 2.98. The maximum atomic E-state index is 12.1. The molecule has 0 atom stereocenters. The van der Waals surface area contributed by atoms with Gasteiger partial charge in [-0.1, -0.05) is 0 Å². The van der Waals surface area contributed by atoms with E-state index in [4.69, 9.17) is 5.73 Å². The number of hydrogen-bond donors (Lipinski definition) is 1. The third-order valence-corrected chi connectivity index (χ3v) is 2.72. The van der Waals surface area contributed by atoms with Crippen LogP contribution < -0.4 is 16.2 Å². The largest absolute Gasteiger partial charge is 0.398 e. The lowest BCUT2D eigenvalue weighted by atomic mass is 10.3. The Morgan fingerprint density at radius 1 is 1.42 bits per heavy atom. The zero-order valence-electron chi connectivity index (χ0n) is 10.5. The number of pyridine rings is 2. The summed E-state index contributed by atoms with van der Waals surface area (Å²) < 4.78 is 1.28. The van der Waals surface area contributed by atoms with Gasteiger partial charge >= 0.3 is 0 Å². The third-order valence-electron chi connectivity index (χ3n) is 2.72. The van der Waals surface area contributed by atoms with Gasteiger partial charge < -0.3 is 15.2 Å². The van der Waals surface area contributed by atoms with E-state index in [1.807, 2.05) is 0 Å². The maximum Gasteiger partial charge on any atom is 0.251 e. The Hall–Kier alpha value is -2.63. The van der Waals surface area contributed by atoms with Gasteiger partial charge in [0.05, 0.1) is 11.9 Å². The highest BCUT2D eigenvalue weighted by Crippen LogP contribution is 2.09. The van der Waals surface area contributed by atoms with Gasteiger partial charge in [-0.2, -0.15) is 0 Å². The van der Waals surface area contributed by atoms with Gasteiger partial charge in [-0.15, -0.1) is 0 Å². The molecule has 0 bridgehead atoms. The van der Waals surface area contributed by atoms with Crippen molar-refractivity contribution in [2.45, 2.75) is 6.54 Å². The summed E-state index contributed by atoms with van der Waals surface area (Å²) in [5.74, 6) is -0.222. The van der Waals surface area contributed by atoms with Gasteiger partial charge in [0.25, 0.3) is 5.56 Å². The van der Waals surface area contributed by atoms with Crippen LogP contribution in [0, 0.1) is 0 Å². The van der Waals surface area contributed by atoms with Crippen LogP contribution in [0.1, 0.15) is 0 Å². The normalized spacial score (nSPS) is 10.2. The Kier molecular flexibility index (Phi) is 3.61. The summed E-state index contributed by atoms with van der Waals surface area (Å²) in [5, 5.41) is 0. The molecule has 1 amide bonds. The first-order valence-corrected chi connectivity index (χ1v) is 5.70. The molecule has 6 nitrogen and oxygen atoms in total. The number of nitrogens with two attached hydrogens (primary N) is 1. The maximum absolute atomic E-state index is 12.1. The Bertz CT molecular complexity index is 637. The van der Waals surface area contributed by atoms with Crippen LogP contribution in [-0.4, -0.2) is 22.5 Å². The molecule has 0 unspecified atom stereocenters. The van der Waals surface area contributed by atoms with Crippen LogP contribution >= 0.6 is 0 Å². The van der Waals surface area contributed by atoms with E-state index in [1.165, 1.54) is 27.8 Å². The van der Waals surface area contributed by atoms with Crippen molar-refractivity contribution in [1.82, 2.24) is 9.55 Å². The van der Waals surface area contributed by atoms with E-state index in [2.05, 4.69) is 4.98 Å². The van der Waals surface area contributed by atoms with Crippen LogP contribution in [0.3, 0.4) is 0 Å². The average molecular weight is 258 g/mol. The fourth-order valence-electron chi connectivity index (χ4n) is 1.62. The van der Waals surface area contributed by atoms with Gasteiger partial charge in [0, 0.05) is 31.2 Å². The fourth-order valence-corrected chi connectivity index (χ4v) is 1.62. The van der Waals surface area contributed by atoms with Crippen molar-refractivity contribution in [3.8, 4) is 0 Å². The van der Waals surface area contributed by atoms with Gasteiger partial charge in [0.1, 0.15) is 6.54 Å². The molecule has 0 aromatic carbocycles.